The van der Waals surface area contributed by atoms with Gasteiger partial charge in [-0.3, -0.25) is 10.2 Å². The van der Waals surface area contributed by atoms with Gasteiger partial charge >= 0.3 is 0 Å². The molecule has 0 bridgehead atoms. The van der Waals surface area contributed by atoms with Gasteiger partial charge < -0.3 is 9.84 Å². The van der Waals surface area contributed by atoms with Crippen LogP contribution in [0.4, 0.5) is 0 Å². The number of ether oxygens (including phenoxy) is 1. The molecule has 1 amide bonds. The quantitative estimate of drug-likeness (QED) is 0.424. The molecule has 2 aromatic rings. The molecular formula is C14H15N3O3. The molecule has 6 heteroatoms. The molecule has 1 aromatic heterocycles. The summed E-state index contributed by atoms with van der Waals surface area (Å²) in [5, 5.41) is 9.20. The maximum absolute atomic E-state index is 11.4. The van der Waals surface area contributed by atoms with Gasteiger partial charge in [0.25, 0.3) is 5.91 Å². The van der Waals surface area contributed by atoms with Crippen molar-refractivity contribution in [1.82, 2.24) is 10.4 Å². The number of para-hydroxylation sites is 1. The van der Waals surface area contributed by atoms with Crippen molar-refractivity contribution in [1.29, 1.82) is 0 Å². The normalized spacial score (nSPS) is 10.1. The van der Waals surface area contributed by atoms with Gasteiger partial charge in [-0.1, -0.05) is 24.3 Å². The molecule has 0 aliphatic rings. The molecule has 1 heterocycles. The van der Waals surface area contributed by atoms with Crippen LogP contribution in [0.15, 0.2) is 42.5 Å². The highest BCUT2D eigenvalue weighted by molar-refractivity contribution is 5.91. The minimum atomic E-state index is -0.456. The zero-order chi connectivity index (χ0) is 14.4. The molecule has 2 rings (SSSR count). The Balaban J connectivity index is 2.09. The minimum absolute atomic E-state index is 0.0980. The predicted octanol–water partition coefficient (Wildman–Crippen LogP) is 0.756. The Morgan fingerprint density at radius 1 is 1.25 bits per heavy atom. The van der Waals surface area contributed by atoms with E-state index in [-0.39, 0.29) is 18.9 Å². The lowest BCUT2D eigenvalue weighted by Gasteiger charge is -2.10. The van der Waals surface area contributed by atoms with Crippen molar-refractivity contribution >= 4 is 5.91 Å². The number of nitrogens with two attached hydrogens (primary N) is 1. The van der Waals surface area contributed by atoms with Gasteiger partial charge in [0.2, 0.25) is 0 Å². The molecule has 0 radical (unpaired) electrons. The molecule has 1 aromatic carbocycles. The first-order valence-corrected chi connectivity index (χ1v) is 6.03. The molecule has 104 valence electrons. The van der Waals surface area contributed by atoms with E-state index >= 15 is 0 Å². The van der Waals surface area contributed by atoms with Crippen LogP contribution in [0.1, 0.15) is 21.7 Å². The molecular weight excluding hydrogens is 258 g/mol. The fourth-order valence-corrected chi connectivity index (χ4v) is 1.69. The number of aliphatic hydroxyl groups is 1. The second-order valence-electron chi connectivity index (χ2n) is 4.04. The lowest BCUT2D eigenvalue weighted by molar-refractivity contribution is 0.0948. The van der Waals surface area contributed by atoms with Crippen molar-refractivity contribution in [2.75, 3.05) is 0 Å². The standard InChI is InChI=1S/C14H15N3O3/c15-17-14(19)12-6-3-5-11(16-12)9-20-13-7-2-1-4-10(13)8-18/h1-7,18H,8-9,15H2,(H,17,19). The van der Waals surface area contributed by atoms with Gasteiger partial charge in [0.1, 0.15) is 18.1 Å². The number of nitrogens with one attached hydrogen (secondary N) is 1. The van der Waals surface area contributed by atoms with Crippen LogP contribution in [-0.4, -0.2) is 16.0 Å². The lowest BCUT2D eigenvalue weighted by Crippen LogP contribution is -2.30. The van der Waals surface area contributed by atoms with Crippen LogP contribution in [0.25, 0.3) is 0 Å². The van der Waals surface area contributed by atoms with Crippen LogP contribution in [-0.2, 0) is 13.2 Å². The SMILES string of the molecule is NNC(=O)c1cccc(COc2ccccc2CO)n1. The lowest BCUT2D eigenvalue weighted by atomic mass is 10.2. The van der Waals surface area contributed by atoms with Gasteiger partial charge in [-0.25, -0.2) is 10.8 Å². The van der Waals surface area contributed by atoms with Gasteiger partial charge in [-0.15, -0.1) is 0 Å². The predicted molar refractivity (Wildman–Crippen MR) is 72.6 cm³/mol. The third kappa shape index (κ3) is 3.31. The number of pyridine rings is 1. The van der Waals surface area contributed by atoms with E-state index in [9.17, 15) is 9.90 Å². The van der Waals surface area contributed by atoms with Crippen molar-refractivity contribution in [3.05, 3.63) is 59.4 Å². The Labute approximate surface area is 116 Å². The topological polar surface area (TPSA) is 97.5 Å². The summed E-state index contributed by atoms with van der Waals surface area (Å²) in [5.41, 5.74) is 3.54. The Kier molecular flexibility index (Phi) is 4.65. The highest BCUT2D eigenvalue weighted by atomic mass is 16.5. The average Bonchev–Trinajstić information content (AvgIpc) is 2.52. The zero-order valence-electron chi connectivity index (χ0n) is 10.7. The monoisotopic (exact) mass is 273 g/mol. The maximum Gasteiger partial charge on any atom is 0.283 e. The van der Waals surface area contributed by atoms with Crippen LogP contribution in [0.2, 0.25) is 0 Å². The molecule has 0 aliphatic carbocycles. The molecule has 20 heavy (non-hydrogen) atoms. The number of rotatable bonds is 5. The van der Waals surface area contributed by atoms with Gasteiger partial charge in [-0.2, -0.15) is 0 Å². The third-order valence-corrected chi connectivity index (χ3v) is 2.69. The summed E-state index contributed by atoms with van der Waals surface area (Å²) < 4.78 is 5.60. The minimum Gasteiger partial charge on any atom is -0.487 e. The highest BCUT2D eigenvalue weighted by Crippen LogP contribution is 2.18. The Morgan fingerprint density at radius 3 is 2.80 bits per heavy atom. The van der Waals surface area contributed by atoms with E-state index in [1.807, 2.05) is 17.6 Å². The number of benzene rings is 1. The number of amides is 1. The van der Waals surface area contributed by atoms with E-state index in [1.165, 1.54) is 0 Å². The van der Waals surface area contributed by atoms with Crippen LogP contribution in [0.5, 0.6) is 5.75 Å². The Bertz CT molecular complexity index is 602. The smallest absolute Gasteiger partial charge is 0.283 e. The number of aliphatic hydroxyl groups excluding tert-OH is 1. The number of hydrazine groups is 1. The van der Waals surface area contributed by atoms with E-state index < -0.39 is 5.91 Å². The number of hydrogen-bond donors (Lipinski definition) is 3. The van der Waals surface area contributed by atoms with Crippen molar-refractivity contribution in [3.8, 4) is 5.75 Å². The second-order valence-corrected chi connectivity index (χ2v) is 4.04. The summed E-state index contributed by atoms with van der Waals surface area (Å²) in [6, 6.07) is 12.2. The number of carbonyl (C=O) groups is 1. The Hall–Kier alpha value is -2.44. The van der Waals surface area contributed by atoms with Gasteiger partial charge in [0.05, 0.1) is 12.3 Å². The molecule has 0 spiro atoms. The molecule has 0 saturated heterocycles. The summed E-state index contributed by atoms with van der Waals surface area (Å²) in [4.78, 5) is 15.5. The van der Waals surface area contributed by atoms with E-state index in [4.69, 9.17) is 10.6 Å². The third-order valence-electron chi connectivity index (χ3n) is 2.69. The Morgan fingerprint density at radius 2 is 2.05 bits per heavy atom. The zero-order valence-corrected chi connectivity index (χ0v) is 10.7. The van der Waals surface area contributed by atoms with Crippen molar-refractivity contribution in [2.24, 2.45) is 5.84 Å². The maximum atomic E-state index is 11.4. The largest absolute Gasteiger partial charge is 0.487 e. The molecule has 0 saturated carbocycles. The van der Waals surface area contributed by atoms with Crippen molar-refractivity contribution in [3.63, 3.8) is 0 Å². The first kappa shape index (κ1) is 14.0. The molecule has 0 fully saturated rings. The van der Waals surface area contributed by atoms with E-state index in [2.05, 4.69) is 4.98 Å². The summed E-state index contributed by atoms with van der Waals surface area (Å²) >= 11 is 0. The van der Waals surface area contributed by atoms with Crippen LogP contribution in [0, 0.1) is 0 Å². The van der Waals surface area contributed by atoms with E-state index in [0.717, 1.165) is 0 Å². The molecule has 0 atom stereocenters. The number of carbonyl (C=O) groups excluding carboxylic acids is 1. The van der Waals surface area contributed by atoms with Crippen molar-refractivity contribution < 1.29 is 14.6 Å². The first-order valence-electron chi connectivity index (χ1n) is 6.03. The molecule has 0 aliphatic heterocycles. The van der Waals surface area contributed by atoms with Gasteiger partial charge in [0.15, 0.2) is 0 Å². The highest BCUT2D eigenvalue weighted by Gasteiger charge is 2.07. The van der Waals surface area contributed by atoms with Crippen LogP contribution < -0.4 is 16.0 Å². The molecule has 0 unspecified atom stereocenters. The fraction of sp³-hybridized carbons (Fsp3) is 0.143. The van der Waals surface area contributed by atoms with E-state index in [0.29, 0.717) is 17.0 Å². The summed E-state index contributed by atoms with van der Waals surface area (Å²) in [7, 11) is 0. The van der Waals surface area contributed by atoms with Gasteiger partial charge in [0, 0.05) is 5.56 Å². The number of aromatic nitrogens is 1. The number of nitrogen functional groups attached to an aromatic ring is 1. The summed E-state index contributed by atoms with van der Waals surface area (Å²) in [6.07, 6.45) is 0. The first-order chi connectivity index (χ1) is 9.74. The summed E-state index contributed by atoms with van der Waals surface area (Å²) in [6.45, 7) is 0.0991. The number of hydrogen-bond acceptors (Lipinski definition) is 5. The van der Waals surface area contributed by atoms with Crippen LogP contribution in [0.3, 0.4) is 0 Å². The fourth-order valence-electron chi connectivity index (χ4n) is 1.69. The van der Waals surface area contributed by atoms with Crippen LogP contribution >= 0.6 is 0 Å². The van der Waals surface area contributed by atoms with E-state index in [1.54, 1.807) is 30.3 Å². The average molecular weight is 273 g/mol. The molecule has 4 N–H and O–H groups in total. The van der Waals surface area contributed by atoms with Gasteiger partial charge in [-0.05, 0) is 18.2 Å². The number of nitrogens with zero attached hydrogens (tertiary/aromatic N) is 1. The summed E-state index contributed by atoms with van der Waals surface area (Å²) in [5.74, 6) is 5.19. The second kappa shape index (κ2) is 6.65. The molecule has 6 nitrogen and oxygen atoms in total. The van der Waals surface area contributed by atoms with Crippen molar-refractivity contribution in [2.45, 2.75) is 13.2 Å².